The van der Waals surface area contributed by atoms with Gasteiger partial charge < -0.3 is 19.9 Å². The summed E-state index contributed by atoms with van der Waals surface area (Å²) in [7, 11) is 0. The van der Waals surface area contributed by atoms with Crippen molar-refractivity contribution >= 4 is 23.5 Å². The zero-order valence-electron chi connectivity index (χ0n) is 15.5. The molecule has 2 heterocycles. The molecule has 0 atom stereocenters. The standard InChI is InChI=1S/C19H23N5O3/c1-3-27-19(26)24-9-7-23(8-10-24)17-12-16(20-13-21-17)18(25)22-15-6-4-5-14(2)11-15/h4-6,11-13H,3,7-10H2,1-2H3,(H,22,25). The van der Waals surface area contributed by atoms with Crippen LogP contribution in [0.4, 0.5) is 16.3 Å². The number of rotatable bonds is 4. The molecule has 1 saturated heterocycles. The number of amides is 2. The van der Waals surface area contributed by atoms with E-state index in [9.17, 15) is 9.59 Å². The molecule has 0 bridgehead atoms. The summed E-state index contributed by atoms with van der Waals surface area (Å²) in [5, 5.41) is 2.85. The maximum absolute atomic E-state index is 12.5. The molecule has 3 rings (SSSR count). The fraction of sp³-hybridized carbons (Fsp3) is 0.368. The second-order valence-electron chi connectivity index (χ2n) is 6.26. The Bertz CT molecular complexity index is 818. The molecular formula is C19H23N5O3. The first kappa shape index (κ1) is 18.6. The van der Waals surface area contributed by atoms with Crippen LogP contribution in [0, 0.1) is 6.92 Å². The topological polar surface area (TPSA) is 87.7 Å². The first-order valence-electron chi connectivity index (χ1n) is 8.93. The highest BCUT2D eigenvalue weighted by atomic mass is 16.6. The molecule has 2 amide bonds. The molecule has 0 spiro atoms. The van der Waals surface area contributed by atoms with Gasteiger partial charge in [0.05, 0.1) is 6.61 Å². The first-order chi connectivity index (χ1) is 13.1. The van der Waals surface area contributed by atoms with E-state index < -0.39 is 0 Å². The van der Waals surface area contributed by atoms with Crippen LogP contribution in [0.25, 0.3) is 0 Å². The number of carbonyl (C=O) groups is 2. The van der Waals surface area contributed by atoms with Crippen LogP contribution in [-0.4, -0.2) is 59.7 Å². The Kier molecular flexibility index (Phi) is 5.85. The Balaban J connectivity index is 1.64. The van der Waals surface area contributed by atoms with E-state index in [0.29, 0.717) is 44.3 Å². The van der Waals surface area contributed by atoms with Crippen molar-refractivity contribution in [2.45, 2.75) is 13.8 Å². The van der Waals surface area contributed by atoms with Crippen molar-refractivity contribution in [1.29, 1.82) is 0 Å². The number of ether oxygens (including phenoxy) is 1. The van der Waals surface area contributed by atoms with E-state index >= 15 is 0 Å². The Labute approximate surface area is 158 Å². The van der Waals surface area contributed by atoms with Gasteiger partial charge >= 0.3 is 6.09 Å². The molecule has 27 heavy (non-hydrogen) atoms. The van der Waals surface area contributed by atoms with E-state index in [1.54, 1.807) is 17.9 Å². The molecule has 0 saturated carbocycles. The number of piperazine rings is 1. The van der Waals surface area contributed by atoms with Gasteiger partial charge in [0.1, 0.15) is 17.8 Å². The minimum atomic E-state index is -0.293. The zero-order chi connectivity index (χ0) is 19.2. The summed E-state index contributed by atoms with van der Waals surface area (Å²) >= 11 is 0. The van der Waals surface area contributed by atoms with E-state index in [4.69, 9.17) is 4.74 Å². The van der Waals surface area contributed by atoms with E-state index in [1.807, 2.05) is 36.1 Å². The predicted molar refractivity (Wildman–Crippen MR) is 102 cm³/mol. The maximum atomic E-state index is 12.5. The first-order valence-corrected chi connectivity index (χ1v) is 8.93. The number of nitrogens with one attached hydrogen (secondary N) is 1. The van der Waals surface area contributed by atoms with Gasteiger partial charge in [0.25, 0.3) is 5.91 Å². The van der Waals surface area contributed by atoms with E-state index in [0.717, 1.165) is 11.3 Å². The molecule has 2 aromatic rings. The number of benzene rings is 1. The van der Waals surface area contributed by atoms with Crippen molar-refractivity contribution in [3.63, 3.8) is 0 Å². The second kappa shape index (κ2) is 8.48. The van der Waals surface area contributed by atoms with Gasteiger partial charge in [-0.2, -0.15) is 0 Å². The van der Waals surface area contributed by atoms with Crippen molar-refractivity contribution in [3.8, 4) is 0 Å². The second-order valence-corrected chi connectivity index (χ2v) is 6.26. The van der Waals surface area contributed by atoms with Crippen molar-refractivity contribution < 1.29 is 14.3 Å². The van der Waals surface area contributed by atoms with Gasteiger partial charge in [-0.3, -0.25) is 4.79 Å². The maximum Gasteiger partial charge on any atom is 0.409 e. The van der Waals surface area contributed by atoms with Crippen molar-refractivity contribution in [2.75, 3.05) is 43.0 Å². The van der Waals surface area contributed by atoms with Crippen LogP contribution in [0.15, 0.2) is 36.7 Å². The molecule has 1 N–H and O–H groups in total. The van der Waals surface area contributed by atoms with E-state index in [-0.39, 0.29) is 12.0 Å². The Morgan fingerprint density at radius 3 is 2.63 bits per heavy atom. The SMILES string of the molecule is CCOC(=O)N1CCN(c2cc(C(=O)Nc3cccc(C)c3)ncn2)CC1. The van der Waals surface area contributed by atoms with Crippen molar-refractivity contribution in [2.24, 2.45) is 0 Å². The summed E-state index contributed by atoms with van der Waals surface area (Å²) < 4.78 is 5.03. The third kappa shape index (κ3) is 4.72. The molecule has 8 heteroatoms. The summed E-state index contributed by atoms with van der Waals surface area (Å²) in [6.07, 6.45) is 1.09. The molecule has 142 valence electrons. The number of nitrogens with zero attached hydrogens (tertiary/aromatic N) is 4. The van der Waals surface area contributed by atoms with E-state index in [1.165, 1.54) is 6.33 Å². The highest BCUT2D eigenvalue weighted by Gasteiger charge is 2.23. The smallest absolute Gasteiger partial charge is 0.409 e. The minimum absolute atomic E-state index is 0.283. The number of anilines is 2. The third-order valence-electron chi connectivity index (χ3n) is 4.29. The summed E-state index contributed by atoms with van der Waals surface area (Å²) in [5.74, 6) is 0.386. The fourth-order valence-electron chi connectivity index (χ4n) is 2.89. The van der Waals surface area contributed by atoms with Gasteiger partial charge in [-0.1, -0.05) is 12.1 Å². The highest BCUT2D eigenvalue weighted by molar-refractivity contribution is 6.03. The van der Waals surface area contributed by atoms with Crippen LogP contribution in [0.1, 0.15) is 23.0 Å². The lowest BCUT2D eigenvalue weighted by atomic mass is 10.2. The molecule has 8 nitrogen and oxygen atoms in total. The van der Waals surface area contributed by atoms with Crippen LogP contribution in [-0.2, 0) is 4.74 Å². The van der Waals surface area contributed by atoms with Gasteiger partial charge in [0.15, 0.2) is 0 Å². The third-order valence-corrected chi connectivity index (χ3v) is 4.29. The molecule has 1 fully saturated rings. The molecule has 1 aliphatic rings. The molecule has 0 radical (unpaired) electrons. The Morgan fingerprint density at radius 2 is 1.93 bits per heavy atom. The van der Waals surface area contributed by atoms with Gasteiger partial charge in [0.2, 0.25) is 0 Å². The minimum Gasteiger partial charge on any atom is -0.450 e. The monoisotopic (exact) mass is 369 g/mol. The number of hydrogen-bond donors (Lipinski definition) is 1. The van der Waals surface area contributed by atoms with Crippen molar-refractivity contribution in [1.82, 2.24) is 14.9 Å². The molecule has 1 aromatic heterocycles. The summed E-state index contributed by atoms with van der Waals surface area (Å²) in [4.78, 5) is 36.3. The fourth-order valence-corrected chi connectivity index (χ4v) is 2.89. The van der Waals surface area contributed by atoms with Gasteiger partial charge in [-0.05, 0) is 31.5 Å². The lowest BCUT2D eigenvalue weighted by Crippen LogP contribution is -2.49. The van der Waals surface area contributed by atoms with Crippen LogP contribution in [0.2, 0.25) is 0 Å². The average Bonchev–Trinajstić information content (AvgIpc) is 2.68. The van der Waals surface area contributed by atoms with E-state index in [2.05, 4.69) is 15.3 Å². The molecule has 1 aliphatic heterocycles. The summed E-state index contributed by atoms with van der Waals surface area (Å²) in [6.45, 7) is 6.46. The zero-order valence-corrected chi connectivity index (χ0v) is 15.5. The van der Waals surface area contributed by atoms with Crippen LogP contribution < -0.4 is 10.2 Å². The lowest BCUT2D eigenvalue weighted by molar-refractivity contribution is 0.102. The number of aryl methyl sites for hydroxylation is 1. The quantitative estimate of drug-likeness (QED) is 0.890. The summed E-state index contributed by atoms with van der Waals surface area (Å²) in [5.41, 5.74) is 2.09. The lowest BCUT2D eigenvalue weighted by Gasteiger charge is -2.34. The van der Waals surface area contributed by atoms with Gasteiger partial charge in [0, 0.05) is 37.9 Å². The van der Waals surface area contributed by atoms with Crippen LogP contribution in [0.5, 0.6) is 0 Å². The predicted octanol–water partition coefficient (Wildman–Crippen LogP) is 2.32. The number of carbonyl (C=O) groups excluding carboxylic acids is 2. The number of aromatic nitrogens is 2. The normalized spacial score (nSPS) is 14.0. The van der Waals surface area contributed by atoms with Gasteiger partial charge in [-0.15, -0.1) is 0 Å². The molecular weight excluding hydrogens is 346 g/mol. The average molecular weight is 369 g/mol. The largest absolute Gasteiger partial charge is 0.450 e. The Morgan fingerprint density at radius 1 is 1.15 bits per heavy atom. The van der Waals surface area contributed by atoms with Crippen LogP contribution >= 0.6 is 0 Å². The molecule has 0 unspecified atom stereocenters. The van der Waals surface area contributed by atoms with Gasteiger partial charge in [-0.25, -0.2) is 14.8 Å². The van der Waals surface area contributed by atoms with Crippen LogP contribution in [0.3, 0.4) is 0 Å². The summed E-state index contributed by atoms with van der Waals surface area (Å²) in [6, 6.07) is 9.26. The van der Waals surface area contributed by atoms with Crippen molar-refractivity contribution in [3.05, 3.63) is 47.9 Å². The Hall–Kier alpha value is -3.16. The number of hydrogen-bond acceptors (Lipinski definition) is 6. The highest BCUT2D eigenvalue weighted by Crippen LogP contribution is 2.16. The molecule has 0 aliphatic carbocycles. The molecule has 1 aromatic carbocycles.